The molecule has 1 aromatic rings. The first kappa shape index (κ1) is 14.6. The van der Waals surface area contributed by atoms with Gasteiger partial charge in [-0.1, -0.05) is 11.6 Å². The molecule has 0 unspecified atom stereocenters. The highest BCUT2D eigenvalue weighted by Crippen LogP contribution is 2.31. The maximum absolute atomic E-state index is 12.9. The van der Waals surface area contributed by atoms with E-state index in [2.05, 4.69) is 4.98 Å². The lowest BCUT2D eigenvalue weighted by molar-refractivity contribution is -0.142. The van der Waals surface area contributed by atoms with Gasteiger partial charge in [0.25, 0.3) is 6.43 Å². The van der Waals surface area contributed by atoms with E-state index in [0.29, 0.717) is 0 Å². The summed E-state index contributed by atoms with van der Waals surface area (Å²) >= 11 is 5.60. The van der Waals surface area contributed by atoms with Crippen molar-refractivity contribution in [3.8, 4) is 5.88 Å². The molecule has 0 atom stereocenters. The minimum absolute atomic E-state index is 0.00431. The molecule has 7 heteroatoms. The van der Waals surface area contributed by atoms with Gasteiger partial charge in [0.05, 0.1) is 20.1 Å². The number of rotatable bonds is 5. The van der Waals surface area contributed by atoms with E-state index >= 15 is 0 Å². The quantitative estimate of drug-likeness (QED) is 0.614. The summed E-state index contributed by atoms with van der Waals surface area (Å²) in [7, 11) is 1.27. The highest BCUT2D eigenvalue weighted by molar-refractivity contribution is 6.29. The Morgan fingerprint density at radius 1 is 1.56 bits per heavy atom. The topological polar surface area (TPSA) is 48.4 Å². The standard InChI is InChI=1S/C11H12ClF2NO3/c1-3-18-9(16)5-7-6(10(13)14)4-8(12)15-11(7)17-2/h4,10H,3,5H2,1-2H3. The number of nitrogens with zero attached hydrogens (tertiary/aromatic N) is 1. The number of pyridine rings is 1. The molecule has 1 rings (SSSR count). The van der Waals surface area contributed by atoms with Gasteiger partial charge in [0.1, 0.15) is 5.15 Å². The first-order valence-electron chi connectivity index (χ1n) is 5.16. The van der Waals surface area contributed by atoms with E-state index in [1.165, 1.54) is 7.11 Å². The lowest BCUT2D eigenvalue weighted by Crippen LogP contribution is -2.11. The molecular formula is C11H12ClF2NO3. The summed E-state index contributed by atoms with van der Waals surface area (Å²) in [6.07, 6.45) is -3.11. The van der Waals surface area contributed by atoms with Crippen LogP contribution in [-0.4, -0.2) is 24.7 Å². The van der Waals surface area contributed by atoms with Gasteiger partial charge in [0.2, 0.25) is 5.88 Å². The predicted molar refractivity (Wildman–Crippen MR) is 61.1 cm³/mol. The van der Waals surface area contributed by atoms with Crippen molar-refractivity contribution < 1.29 is 23.0 Å². The molecule has 0 aliphatic rings. The average Bonchev–Trinajstić information content (AvgIpc) is 2.30. The second-order valence-electron chi connectivity index (χ2n) is 3.30. The molecule has 0 spiro atoms. The molecule has 0 amide bonds. The van der Waals surface area contributed by atoms with E-state index < -0.39 is 12.4 Å². The molecule has 100 valence electrons. The molecule has 4 nitrogen and oxygen atoms in total. The molecule has 1 aromatic heterocycles. The smallest absolute Gasteiger partial charge is 0.310 e. The lowest BCUT2D eigenvalue weighted by Gasteiger charge is -2.12. The van der Waals surface area contributed by atoms with Crippen molar-refractivity contribution in [2.75, 3.05) is 13.7 Å². The van der Waals surface area contributed by atoms with Crippen molar-refractivity contribution in [2.45, 2.75) is 19.8 Å². The number of hydrogen-bond donors (Lipinski definition) is 0. The second kappa shape index (κ2) is 6.49. The Kier molecular flexibility index (Phi) is 5.27. The van der Waals surface area contributed by atoms with Gasteiger partial charge in [-0.15, -0.1) is 0 Å². The normalized spacial score (nSPS) is 10.6. The summed E-state index contributed by atoms with van der Waals surface area (Å²) in [5.74, 6) is -0.715. The van der Waals surface area contributed by atoms with E-state index in [-0.39, 0.29) is 35.2 Å². The van der Waals surface area contributed by atoms with Crippen LogP contribution in [0.25, 0.3) is 0 Å². The SMILES string of the molecule is CCOC(=O)Cc1c(C(F)F)cc(Cl)nc1OC. The molecular weight excluding hydrogens is 268 g/mol. The zero-order valence-electron chi connectivity index (χ0n) is 9.87. The average molecular weight is 280 g/mol. The Hall–Kier alpha value is -1.43. The van der Waals surface area contributed by atoms with Crippen LogP contribution in [0.15, 0.2) is 6.07 Å². The van der Waals surface area contributed by atoms with E-state index in [1.54, 1.807) is 6.92 Å². The summed E-state index contributed by atoms with van der Waals surface area (Å²) in [5.41, 5.74) is -0.379. The number of methoxy groups -OCH3 is 1. The zero-order valence-corrected chi connectivity index (χ0v) is 10.6. The van der Waals surface area contributed by atoms with Crippen molar-refractivity contribution in [1.82, 2.24) is 4.98 Å². The molecule has 0 bridgehead atoms. The van der Waals surface area contributed by atoms with Crippen LogP contribution in [0.3, 0.4) is 0 Å². The van der Waals surface area contributed by atoms with Crippen molar-refractivity contribution >= 4 is 17.6 Å². The number of halogens is 3. The van der Waals surface area contributed by atoms with Crippen LogP contribution in [0, 0.1) is 0 Å². The van der Waals surface area contributed by atoms with Crippen LogP contribution >= 0.6 is 11.6 Å². The maximum atomic E-state index is 12.9. The van der Waals surface area contributed by atoms with E-state index in [1.807, 2.05) is 0 Å². The molecule has 0 N–H and O–H groups in total. The maximum Gasteiger partial charge on any atom is 0.310 e. The van der Waals surface area contributed by atoms with Gasteiger partial charge < -0.3 is 9.47 Å². The fraction of sp³-hybridized carbons (Fsp3) is 0.455. The number of esters is 1. The highest BCUT2D eigenvalue weighted by Gasteiger charge is 2.22. The fourth-order valence-corrected chi connectivity index (χ4v) is 1.63. The van der Waals surface area contributed by atoms with Crippen molar-refractivity contribution in [3.05, 3.63) is 22.3 Å². The van der Waals surface area contributed by atoms with Crippen LogP contribution < -0.4 is 4.74 Å². The molecule has 0 aliphatic carbocycles. The number of hydrogen-bond acceptors (Lipinski definition) is 4. The Bertz CT molecular complexity index is 441. The molecule has 18 heavy (non-hydrogen) atoms. The summed E-state index contributed by atoms with van der Waals surface area (Å²) in [6, 6.07) is 1.02. The van der Waals surface area contributed by atoms with E-state index in [4.69, 9.17) is 21.1 Å². The Balaban J connectivity index is 3.16. The predicted octanol–water partition coefficient (Wildman–Crippen LogP) is 2.79. The van der Waals surface area contributed by atoms with Gasteiger partial charge in [0.15, 0.2) is 0 Å². The second-order valence-corrected chi connectivity index (χ2v) is 3.69. The number of alkyl halides is 2. The zero-order chi connectivity index (χ0) is 13.7. The van der Waals surface area contributed by atoms with Crippen LogP contribution in [0.4, 0.5) is 8.78 Å². The molecule has 0 saturated carbocycles. The number of ether oxygens (including phenoxy) is 2. The number of aromatic nitrogens is 1. The lowest BCUT2D eigenvalue weighted by atomic mass is 10.1. The third-order valence-electron chi connectivity index (χ3n) is 2.14. The van der Waals surface area contributed by atoms with E-state index in [0.717, 1.165) is 6.07 Å². The molecule has 0 saturated heterocycles. The molecule has 0 radical (unpaired) electrons. The van der Waals surface area contributed by atoms with Crippen LogP contribution in [0.5, 0.6) is 5.88 Å². The van der Waals surface area contributed by atoms with Gasteiger partial charge >= 0.3 is 5.97 Å². The van der Waals surface area contributed by atoms with Gasteiger partial charge in [-0.3, -0.25) is 4.79 Å². The molecule has 1 heterocycles. The molecule has 0 aliphatic heterocycles. The van der Waals surface area contributed by atoms with Gasteiger partial charge in [-0.05, 0) is 13.0 Å². The third kappa shape index (κ3) is 3.53. The van der Waals surface area contributed by atoms with Crippen LogP contribution in [0.1, 0.15) is 24.5 Å². The van der Waals surface area contributed by atoms with Crippen LogP contribution in [-0.2, 0) is 16.0 Å². The first-order chi connectivity index (χ1) is 8.49. The van der Waals surface area contributed by atoms with Gasteiger partial charge in [-0.25, -0.2) is 13.8 Å². The minimum atomic E-state index is -2.77. The summed E-state index contributed by atoms with van der Waals surface area (Å²) < 4.78 is 35.3. The molecule has 0 fully saturated rings. The highest BCUT2D eigenvalue weighted by atomic mass is 35.5. The monoisotopic (exact) mass is 279 g/mol. The van der Waals surface area contributed by atoms with Crippen molar-refractivity contribution in [1.29, 1.82) is 0 Å². The van der Waals surface area contributed by atoms with Gasteiger partial charge in [-0.2, -0.15) is 0 Å². The Morgan fingerprint density at radius 2 is 2.22 bits per heavy atom. The number of carbonyl (C=O) groups is 1. The van der Waals surface area contributed by atoms with Crippen molar-refractivity contribution in [2.24, 2.45) is 0 Å². The van der Waals surface area contributed by atoms with Crippen LogP contribution in [0.2, 0.25) is 5.15 Å². The molecule has 0 aromatic carbocycles. The fourth-order valence-electron chi connectivity index (χ4n) is 1.43. The third-order valence-corrected chi connectivity index (χ3v) is 2.34. The van der Waals surface area contributed by atoms with E-state index in [9.17, 15) is 13.6 Å². The Labute approximate surface area is 108 Å². The number of carbonyl (C=O) groups excluding carboxylic acids is 1. The van der Waals surface area contributed by atoms with Crippen molar-refractivity contribution in [3.63, 3.8) is 0 Å². The largest absolute Gasteiger partial charge is 0.481 e. The first-order valence-corrected chi connectivity index (χ1v) is 5.54. The summed E-state index contributed by atoms with van der Waals surface area (Å²) in [6.45, 7) is 1.80. The summed E-state index contributed by atoms with van der Waals surface area (Å²) in [4.78, 5) is 15.1. The minimum Gasteiger partial charge on any atom is -0.481 e. The summed E-state index contributed by atoms with van der Waals surface area (Å²) in [5, 5.41) is -0.116. The Morgan fingerprint density at radius 3 is 2.72 bits per heavy atom. The van der Waals surface area contributed by atoms with Gasteiger partial charge in [0, 0.05) is 11.1 Å².